The Labute approximate surface area is 155 Å². The first-order valence-electron chi connectivity index (χ1n) is 8.27. The molecule has 0 fully saturated rings. The van der Waals surface area contributed by atoms with Crippen LogP contribution in [0.15, 0.2) is 60.8 Å². The molecule has 3 aromatic rings. The third kappa shape index (κ3) is 4.76. The van der Waals surface area contributed by atoms with Crippen LogP contribution in [-0.4, -0.2) is 23.5 Å². The lowest BCUT2D eigenvalue weighted by molar-refractivity contribution is -0.142. The van der Waals surface area contributed by atoms with Gasteiger partial charge in [-0.15, -0.1) is 0 Å². The first-order chi connectivity index (χ1) is 13.0. The Hall–Kier alpha value is -3.54. The Morgan fingerprint density at radius 1 is 1.19 bits per heavy atom. The molecule has 1 amide bonds. The quantitative estimate of drug-likeness (QED) is 0.551. The molecular formula is C21H17FN2O3. The predicted molar refractivity (Wildman–Crippen MR) is 102 cm³/mol. The zero-order valence-electron chi connectivity index (χ0n) is 14.6. The SMILES string of the molecule is Cc1ccc(NC(=O)COC(=O)/C=C/c2cccc3cccnc23)c(F)c1. The van der Waals surface area contributed by atoms with Gasteiger partial charge >= 0.3 is 5.97 Å². The average molecular weight is 364 g/mol. The first kappa shape index (κ1) is 18.3. The second kappa shape index (κ2) is 8.23. The van der Waals surface area contributed by atoms with E-state index in [1.54, 1.807) is 25.3 Å². The second-order valence-corrected chi connectivity index (χ2v) is 5.89. The fourth-order valence-corrected chi connectivity index (χ4v) is 2.51. The highest BCUT2D eigenvalue weighted by molar-refractivity contribution is 5.96. The van der Waals surface area contributed by atoms with Crippen molar-refractivity contribution in [2.45, 2.75) is 6.92 Å². The first-order valence-corrected chi connectivity index (χ1v) is 8.27. The van der Waals surface area contributed by atoms with Gasteiger partial charge in [-0.3, -0.25) is 9.78 Å². The van der Waals surface area contributed by atoms with Gasteiger partial charge in [0.25, 0.3) is 5.91 Å². The summed E-state index contributed by atoms with van der Waals surface area (Å²) in [6, 6.07) is 13.8. The Morgan fingerprint density at radius 2 is 2.00 bits per heavy atom. The van der Waals surface area contributed by atoms with Crippen molar-refractivity contribution in [2.75, 3.05) is 11.9 Å². The highest BCUT2D eigenvalue weighted by atomic mass is 19.1. The number of benzene rings is 2. The van der Waals surface area contributed by atoms with Crippen molar-refractivity contribution in [1.82, 2.24) is 4.98 Å². The fourth-order valence-electron chi connectivity index (χ4n) is 2.51. The third-order valence-electron chi connectivity index (χ3n) is 3.81. The van der Waals surface area contributed by atoms with Crippen molar-refractivity contribution >= 4 is 34.5 Å². The number of anilines is 1. The highest BCUT2D eigenvalue weighted by Crippen LogP contribution is 2.17. The molecule has 5 nitrogen and oxygen atoms in total. The number of aromatic nitrogens is 1. The number of nitrogens with one attached hydrogen (secondary N) is 1. The number of nitrogens with zero attached hydrogens (tertiary/aromatic N) is 1. The number of para-hydroxylation sites is 1. The molecule has 27 heavy (non-hydrogen) atoms. The summed E-state index contributed by atoms with van der Waals surface area (Å²) in [4.78, 5) is 27.9. The number of fused-ring (bicyclic) bond motifs is 1. The van der Waals surface area contributed by atoms with Crippen molar-refractivity contribution in [3.05, 3.63) is 77.7 Å². The summed E-state index contributed by atoms with van der Waals surface area (Å²) >= 11 is 0. The van der Waals surface area contributed by atoms with E-state index >= 15 is 0 Å². The van der Waals surface area contributed by atoms with Gasteiger partial charge in [-0.05, 0) is 36.8 Å². The summed E-state index contributed by atoms with van der Waals surface area (Å²) in [7, 11) is 0. The van der Waals surface area contributed by atoms with E-state index in [-0.39, 0.29) is 5.69 Å². The lowest BCUT2D eigenvalue weighted by Gasteiger charge is -2.07. The number of halogens is 1. The van der Waals surface area contributed by atoms with Crippen LogP contribution in [0.4, 0.5) is 10.1 Å². The van der Waals surface area contributed by atoms with Crippen LogP contribution in [0.3, 0.4) is 0 Å². The molecule has 1 N–H and O–H groups in total. The minimum atomic E-state index is -0.678. The molecule has 0 saturated carbocycles. The van der Waals surface area contributed by atoms with Gasteiger partial charge in [0, 0.05) is 23.2 Å². The van der Waals surface area contributed by atoms with E-state index in [0.717, 1.165) is 22.0 Å². The standard InChI is InChI=1S/C21H17FN2O3/c1-14-7-9-18(17(22)12-14)24-19(25)13-27-20(26)10-8-16-5-2-4-15-6-3-11-23-21(15)16/h2-12H,13H2,1H3,(H,24,25)/b10-8+. The summed E-state index contributed by atoms with van der Waals surface area (Å²) in [5.41, 5.74) is 2.30. The van der Waals surface area contributed by atoms with Gasteiger partial charge in [0.15, 0.2) is 6.61 Å². The number of hydrogen-bond acceptors (Lipinski definition) is 4. The maximum atomic E-state index is 13.7. The summed E-state index contributed by atoms with van der Waals surface area (Å²) < 4.78 is 18.6. The minimum absolute atomic E-state index is 0.0408. The minimum Gasteiger partial charge on any atom is -0.452 e. The zero-order valence-corrected chi connectivity index (χ0v) is 14.6. The van der Waals surface area contributed by atoms with Crippen molar-refractivity contribution in [3.8, 4) is 0 Å². The van der Waals surface area contributed by atoms with E-state index < -0.39 is 24.3 Å². The molecule has 1 heterocycles. The lowest BCUT2D eigenvalue weighted by atomic mass is 10.1. The van der Waals surface area contributed by atoms with Crippen LogP contribution in [-0.2, 0) is 14.3 Å². The number of rotatable bonds is 5. The van der Waals surface area contributed by atoms with Gasteiger partial charge < -0.3 is 10.1 Å². The Bertz CT molecular complexity index is 1030. The normalized spacial score (nSPS) is 10.9. The molecule has 0 saturated heterocycles. The van der Waals surface area contributed by atoms with E-state index in [1.807, 2.05) is 30.3 Å². The molecule has 3 rings (SSSR count). The number of aryl methyl sites for hydroxylation is 1. The van der Waals surface area contributed by atoms with Gasteiger partial charge in [-0.1, -0.05) is 30.3 Å². The monoisotopic (exact) mass is 364 g/mol. The number of carbonyl (C=O) groups excluding carboxylic acids is 2. The van der Waals surface area contributed by atoms with Gasteiger partial charge in [-0.25, -0.2) is 9.18 Å². The molecule has 0 aliphatic rings. The molecule has 0 bridgehead atoms. The van der Waals surface area contributed by atoms with E-state index in [2.05, 4.69) is 10.3 Å². The number of amides is 1. The van der Waals surface area contributed by atoms with Crippen molar-refractivity contribution in [1.29, 1.82) is 0 Å². The predicted octanol–water partition coefficient (Wildman–Crippen LogP) is 3.88. The van der Waals surface area contributed by atoms with Gasteiger partial charge in [0.1, 0.15) is 5.82 Å². The number of pyridine rings is 1. The molecule has 0 spiro atoms. The number of hydrogen-bond donors (Lipinski definition) is 1. The van der Waals surface area contributed by atoms with E-state index in [0.29, 0.717) is 0 Å². The maximum Gasteiger partial charge on any atom is 0.331 e. The van der Waals surface area contributed by atoms with Gasteiger partial charge in [-0.2, -0.15) is 0 Å². The van der Waals surface area contributed by atoms with Crippen LogP contribution in [0.5, 0.6) is 0 Å². The summed E-state index contributed by atoms with van der Waals surface area (Å²) in [6.07, 6.45) is 4.48. The third-order valence-corrected chi connectivity index (χ3v) is 3.81. The van der Waals surface area contributed by atoms with Crippen LogP contribution >= 0.6 is 0 Å². The largest absolute Gasteiger partial charge is 0.452 e. The summed E-state index contributed by atoms with van der Waals surface area (Å²) in [6.45, 7) is 1.23. The van der Waals surface area contributed by atoms with Crippen molar-refractivity contribution in [3.63, 3.8) is 0 Å². The smallest absolute Gasteiger partial charge is 0.331 e. The fraction of sp³-hybridized carbons (Fsp3) is 0.0952. The highest BCUT2D eigenvalue weighted by Gasteiger charge is 2.09. The lowest BCUT2D eigenvalue weighted by Crippen LogP contribution is -2.20. The van der Waals surface area contributed by atoms with Gasteiger partial charge in [0.2, 0.25) is 0 Å². The molecule has 0 aliphatic heterocycles. The zero-order chi connectivity index (χ0) is 19.2. The van der Waals surface area contributed by atoms with Gasteiger partial charge in [0.05, 0.1) is 11.2 Å². The molecule has 2 aromatic carbocycles. The van der Waals surface area contributed by atoms with Crippen molar-refractivity contribution in [2.24, 2.45) is 0 Å². The van der Waals surface area contributed by atoms with Crippen LogP contribution in [0.2, 0.25) is 0 Å². The average Bonchev–Trinajstić information content (AvgIpc) is 2.67. The summed E-state index contributed by atoms with van der Waals surface area (Å²) in [5, 5.41) is 3.32. The molecule has 0 unspecified atom stereocenters. The summed E-state index contributed by atoms with van der Waals surface area (Å²) in [5.74, 6) is -1.84. The Balaban J connectivity index is 1.57. The molecule has 0 radical (unpaired) electrons. The van der Waals surface area contributed by atoms with E-state index in [9.17, 15) is 14.0 Å². The second-order valence-electron chi connectivity index (χ2n) is 5.89. The topological polar surface area (TPSA) is 68.3 Å². The van der Waals surface area contributed by atoms with E-state index in [4.69, 9.17) is 4.74 Å². The van der Waals surface area contributed by atoms with Crippen LogP contribution in [0.1, 0.15) is 11.1 Å². The van der Waals surface area contributed by atoms with Crippen molar-refractivity contribution < 1.29 is 18.7 Å². The molecule has 6 heteroatoms. The van der Waals surface area contributed by atoms with Crippen LogP contribution < -0.4 is 5.32 Å². The molecular weight excluding hydrogens is 347 g/mol. The Kier molecular flexibility index (Phi) is 5.56. The molecule has 0 atom stereocenters. The van der Waals surface area contributed by atoms with Crippen LogP contribution in [0, 0.1) is 12.7 Å². The number of esters is 1. The number of carbonyl (C=O) groups is 2. The maximum absolute atomic E-state index is 13.7. The number of ether oxygens (including phenoxy) is 1. The molecule has 136 valence electrons. The Morgan fingerprint density at radius 3 is 2.81 bits per heavy atom. The van der Waals surface area contributed by atoms with Crippen LogP contribution in [0.25, 0.3) is 17.0 Å². The van der Waals surface area contributed by atoms with E-state index in [1.165, 1.54) is 18.2 Å². The molecule has 0 aliphatic carbocycles. The molecule has 1 aromatic heterocycles.